The quantitative estimate of drug-likeness (QED) is 0.859. The molecule has 2 nitrogen and oxygen atoms in total. The van der Waals surface area contributed by atoms with Crippen molar-refractivity contribution in [3.63, 3.8) is 0 Å². The van der Waals surface area contributed by atoms with Gasteiger partial charge in [0.15, 0.2) is 17.5 Å². The third-order valence-corrected chi connectivity index (χ3v) is 4.94. The molecule has 1 aromatic carbocycles. The third kappa shape index (κ3) is 2.69. The van der Waals surface area contributed by atoms with Crippen LogP contribution in [0.3, 0.4) is 0 Å². The van der Waals surface area contributed by atoms with Crippen molar-refractivity contribution in [3.8, 4) is 0 Å². The number of rotatable bonds is 3. The summed E-state index contributed by atoms with van der Waals surface area (Å²) >= 11 is 0. The molecule has 2 aliphatic rings. The van der Waals surface area contributed by atoms with Crippen LogP contribution in [0.15, 0.2) is 12.1 Å². The lowest BCUT2D eigenvalue weighted by Gasteiger charge is -2.48. The minimum atomic E-state index is -1.41. The molecule has 3 rings (SSSR count). The second kappa shape index (κ2) is 5.61. The summed E-state index contributed by atoms with van der Waals surface area (Å²) in [4.78, 5) is 0. The minimum absolute atomic E-state index is 0.0326. The standard InChI is InChI=1S/C16H20F3NO/c1-20-15(11-7-12(17)14(19)13(18)8-11)10-3-6-21-16(9-10)4-2-5-16/h7-8,10,15,20H,2-6,9H2,1H3. The largest absolute Gasteiger partial charge is 0.375 e. The zero-order valence-corrected chi connectivity index (χ0v) is 12.1. The molecule has 2 unspecified atom stereocenters. The molecule has 21 heavy (non-hydrogen) atoms. The van der Waals surface area contributed by atoms with E-state index >= 15 is 0 Å². The fraction of sp³-hybridized carbons (Fsp3) is 0.625. The van der Waals surface area contributed by atoms with Gasteiger partial charge in [-0.25, -0.2) is 13.2 Å². The summed E-state index contributed by atoms with van der Waals surface area (Å²) in [5, 5.41) is 3.14. The third-order valence-electron chi connectivity index (χ3n) is 4.94. The van der Waals surface area contributed by atoms with Gasteiger partial charge in [-0.1, -0.05) is 0 Å². The fourth-order valence-electron chi connectivity index (χ4n) is 3.70. The van der Waals surface area contributed by atoms with Crippen LogP contribution < -0.4 is 5.32 Å². The SMILES string of the molecule is CNC(c1cc(F)c(F)c(F)c1)C1CCOC2(CCC2)C1. The van der Waals surface area contributed by atoms with E-state index in [1.807, 2.05) is 0 Å². The van der Waals surface area contributed by atoms with Crippen LogP contribution in [-0.2, 0) is 4.74 Å². The summed E-state index contributed by atoms with van der Waals surface area (Å²) in [7, 11) is 1.77. The van der Waals surface area contributed by atoms with Crippen molar-refractivity contribution >= 4 is 0 Å². The van der Waals surface area contributed by atoms with Crippen molar-refractivity contribution in [2.45, 2.75) is 43.7 Å². The molecule has 2 fully saturated rings. The first-order chi connectivity index (χ1) is 10.0. The lowest BCUT2D eigenvalue weighted by Crippen LogP contribution is -2.47. The predicted molar refractivity (Wildman–Crippen MR) is 73.4 cm³/mol. The van der Waals surface area contributed by atoms with Crippen molar-refractivity contribution in [1.29, 1.82) is 0 Å². The topological polar surface area (TPSA) is 21.3 Å². The molecule has 5 heteroatoms. The molecule has 0 radical (unpaired) electrons. The van der Waals surface area contributed by atoms with Gasteiger partial charge in [-0.3, -0.25) is 0 Å². The smallest absolute Gasteiger partial charge is 0.194 e. The van der Waals surface area contributed by atoms with E-state index in [1.54, 1.807) is 7.05 Å². The normalized spacial score (nSPS) is 25.6. The Morgan fingerprint density at radius 2 is 1.90 bits per heavy atom. The van der Waals surface area contributed by atoms with Gasteiger partial charge < -0.3 is 10.1 Å². The van der Waals surface area contributed by atoms with Gasteiger partial charge in [-0.05, 0) is 62.8 Å². The van der Waals surface area contributed by atoms with E-state index in [1.165, 1.54) is 6.42 Å². The Morgan fingerprint density at radius 1 is 1.24 bits per heavy atom. The molecule has 2 atom stereocenters. The minimum Gasteiger partial charge on any atom is -0.375 e. The van der Waals surface area contributed by atoms with Crippen LogP contribution in [0.4, 0.5) is 13.2 Å². The maximum absolute atomic E-state index is 13.5. The Balaban J connectivity index is 1.84. The van der Waals surface area contributed by atoms with E-state index in [4.69, 9.17) is 4.74 Å². The summed E-state index contributed by atoms with van der Waals surface area (Å²) in [5.74, 6) is -3.42. The highest BCUT2D eigenvalue weighted by atomic mass is 19.2. The van der Waals surface area contributed by atoms with Crippen molar-refractivity contribution in [3.05, 3.63) is 35.1 Å². The van der Waals surface area contributed by atoms with E-state index in [-0.39, 0.29) is 17.6 Å². The number of halogens is 3. The van der Waals surface area contributed by atoms with Crippen LogP contribution in [0.25, 0.3) is 0 Å². The summed E-state index contributed by atoms with van der Waals surface area (Å²) < 4.78 is 45.9. The highest BCUT2D eigenvalue weighted by molar-refractivity contribution is 5.24. The number of hydrogen-bond acceptors (Lipinski definition) is 2. The molecule has 116 valence electrons. The molecule has 0 amide bonds. The maximum Gasteiger partial charge on any atom is 0.194 e. The Labute approximate surface area is 122 Å². The Hall–Kier alpha value is -1.07. The molecule has 1 aromatic rings. The van der Waals surface area contributed by atoms with Gasteiger partial charge >= 0.3 is 0 Å². The van der Waals surface area contributed by atoms with Gasteiger partial charge in [-0.15, -0.1) is 0 Å². The monoisotopic (exact) mass is 299 g/mol. The summed E-state index contributed by atoms with van der Waals surface area (Å²) in [6.45, 7) is 0.676. The molecule has 1 saturated heterocycles. The Bertz CT molecular complexity index is 507. The van der Waals surface area contributed by atoms with E-state index in [9.17, 15) is 13.2 Å². The number of hydrogen-bond donors (Lipinski definition) is 1. The van der Waals surface area contributed by atoms with Crippen molar-refractivity contribution < 1.29 is 17.9 Å². The average molecular weight is 299 g/mol. The van der Waals surface area contributed by atoms with Gasteiger partial charge in [0, 0.05) is 12.6 Å². The average Bonchev–Trinajstić information content (AvgIpc) is 2.44. The highest BCUT2D eigenvalue weighted by Crippen LogP contribution is 2.47. The summed E-state index contributed by atoms with van der Waals surface area (Å²) in [6.07, 6.45) is 5.03. The lowest BCUT2D eigenvalue weighted by atomic mass is 9.69. The molecule has 0 bridgehead atoms. The molecule has 1 N–H and O–H groups in total. The van der Waals surface area contributed by atoms with E-state index in [0.717, 1.165) is 37.8 Å². The first kappa shape index (κ1) is 14.9. The van der Waals surface area contributed by atoms with Crippen LogP contribution in [-0.4, -0.2) is 19.3 Å². The lowest BCUT2D eigenvalue weighted by molar-refractivity contribution is -0.147. The summed E-state index contributed by atoms with van der Waals surface area (Å²) in [6, 6.07) is 2.02. The zero-order chi connectivity index (χ0) is 15.0. The van der Waals surface area contributed by atoms with Crippen LogP contribution in [0.1, 0.15) is 43.7 Å². The number of nitrogens with one attached hydrogen (secondary N) is 1. The number of ether oxygens (including phenoxy) is 1. The molecule has 1 aliphatic heterocycles. The highest BCUT2D eigenvalue weighted by Gasteiger charge is 2.44. The molecule has 1 aliphatic carbocycles. The van der Waals surface area contributed by atoms with Crippen molar-refractivity contribution in [1.82, 2.24) is 5.32 Å². The van der Waals surface area contributed by atoms with Crippen LogP contribution in [0.5, 0.6) is 0 Å². The predicted octanol–water partition coefficient (Wildman–Crippen LogP) is 3.71. The molecule has 1 spiro atoms. The number of benzene rings is 1. The van der Waals surface area contributed by atoms with Gasteiger partial charge in [0.05, 0.1) is 5.60 Å². The first-order valence-corrected chi connectivity index (χ1v) is 7.50. The second-order valence-electron chi connectivity index (χ2n) is 6.20. The van der Waals surface area contributed by atoms with Crippen molar-refractivity contribution in [2.75, 3.05) is 13.7 Å². The van der Waals surface area contributed by atoms with Crippen LogP contribution in [0, 0.1) is 23.4 Å². The van der Waals surface area contributed by atoms with Crippen LogP contribution >= 0.6 is 0 Å². The Kier molecular flexibility index (Phi) is 3.97. The van der Waals surface area contributed by atoms with Gasteiger partial charge in [0.2, 0.25) is 0 Å². The van der Waals surface area contributed by atoms with E-state index in [0.29, 0.717) is 12.2 Å². The second-order valence-corrected chi connectivity index (χ2v) is 6.20. The molecule has 1 heterocycles. The van der Waals surface area contributed by atoms with Gasteiger partial charge in [-0.2, -0.15) is 0 Å². The summed E-state index contributed by atoms with van der Waals surface area (Å²) in [5.41, 5.74) is 0.435. The first-order valence-electron chi connectivity index (χ1n) is 7.50. The fourth-order valence-corrected chi connectivity index (χ4v) is 3.70. The van der Waals surface area contributed by atoms with E-state index < -0.39 is 17.5 Å². The molecule has 1 saturated carbocycles. The van der Waals surface area contributed by atoms with Crippen molar-refractivity contribution in [2.24, 2.45) is 5.92 Å². The molecule has 0 aromatic heterocycles. The maximum atomic E-state index is 13.5. The van der Waals surface area contributed by atoms with Crippen LogP contribution in [0.2, 0.25) is 0 Å². The zero-order valence-electron chi connectivity index (χ0n) is 12.1. The Morgan fingerprint density at radius 3 is 2.43 bits per heavy atom. The van der Waals surface area contributed by atoms with Gasteiger partial charge in [0.1, 0.15) is 0 Å². The molecular weight excluding hydrogens is 279 g/mol. The molecular formula is C16H20F3NO. The van der Waals surface area contributed by atoms with Gasteiger partial charge in [0.25, 0.3) is 0 Å². The van der Waals surface area contributed by atoms with E-state index in [2.05, 4.69) is 5.32 Å².